The summed E-state index contributed by atoms with van der Waals surface area (Å²) in [5, 5.41) is 2.96. The predicted molar refractivity (Wildman–Crippen MR) is 110 cm³/mol. The molecule has 0 fully saturated rings. The monoisotopic (exact) mass is 414 g/mol. The molecule has 0 spiro atoms. The van der Waals surface area contributed by atoms with Crippen molar-refractivity contribution < 1.29 is 9.59 Å². The molecule has 0 saturated heterocycles. The Morgan fingerprint density at radius 3 is 2.55 bits per heavy atom. The maximum Gasteiger partial charge on any atom is 0.336 e. The average molecular weight is 415 g/mol. The van der Waals surface area contributed by atoms with Crippen molar-refractivity contribution in [2.75, 3.05) is 0 Å². The number of amides is 2. The Kier molecular flexibility index (Phi) is 5.56. The lowest BCUT2D eigenvalue weighted by Gasteiger charge is -2.16. The number of hydrogen-bond donors (Lipinski definition) is 2. The van der Waals surface area contributed by atoms with E-state index in [4.69, 9.17) is 17.3 Å². The first-order valence-electron chi connectivity index (χ1n) is 8.80. The van der Waals surface area contributed by atoms with Gasteiger partial charge in [-0.1, -0.05) is 23.7 Å². The number of fused-ring (bicyclic) bond motifs is 1. The van der Waals surface area contributed by atoms with Crippen LogP contribution in [0.5, 0.6) is 0 Å². The lowest BCUT2D eigenvalue weighted by molar-refractivity contribution is -0.127. The molecule has 29 heavy (non-hydrogen) atoms. The highest BCUT2D eigenvalue weighted by Gasteiger charge is 2.19. The maximum absolute atomic E-state index is 13.2. The van der Waals surface area contributed by atoms with Crippen molar-refractivity contribution in [3.63, 3.8) is 0 Å². The molecule has 3 rings (SSSR count). The molecular formula is C20H19ClN4O4. The first-order valence-corrected chi connectivity index (χ1v) is 9.17. The number of benzene rings is 2. The number of halogens is 1. The Balaban J connectivity index is 2.24. The van der Waals surface area contributed by atoms with Gasteiger partial charge < -0.3 is 11.1 Å². The van der Waals surface area contributed by atoms with Crippen LogP contribution in [0.2, 0.25) is 5.02 Å². The first kappa shape index (κ1) is 20.3. The predicted octanol–water partition coefficient (Wildman–Crippen LogP) is 1.10. The molecule has 3 N–H and O–H groups in total. The minimum absolute atomic E-state index is 0.221. The van der Waals surface area contributed by atoms with Crippen LogP contribution in [-0.4, -0.2) is 27.0 Å². The Bertz CT molecular complexity index is 1250. The van der Waals surface area contributed by atoms with E-state index in [1.807, 2.05) is 13.0 Å². The number of aromatic nitrogens is 2. The fourth-order valence-corrected chi connectivity index (χ4v) is 3.16. The Morgan fingerprint density at radius 2 is 1.90 bits per heavy atom. The smallest absolute Gasteiger partial charge is 0.336 e. The molecular weight excluding hydrogens is 396 g/mol. The van der Waals surface area contributed by atoms with Crippen molar-refractivity contribution in [3.8, 4) is 5.69 Å². The van der Waals surface area contributed by atoms with Crippen LogP contribution in [0.3, 0.4) is 0 Å². The second-order valence-electron chi connectivity index (χ2n) is 6.70. The van der Waals surface area contributed by atoms with E-state index in [-0.39, 0.29) is 10.9 Å². The third-order valence-corrected chi connectivity index (χ3v) is 4.71. The lowest BCUT2D eigenvalue weighted by Crippen LogP contribution is -2.46. The van der Waals surface area contributed by atoms with E-state index in [0.29, 0.717) is 10.7 Å². The number of carbonyl (C=O) groups is 2. The van der Waals surface area contributed by atoms with Gasteiger partial charge in [-0.3, -0.25) is 19.0 Å². The molecule has 0 aliphatic rings. The lowest BCUT2D eigenvalue weighted by atomic mass is 10.2. The number of nitrogens with zero attached hydrogens (tertiary/aromatic N) is 2. The highest BCUT2D eigenvalue weighted by atomic mass is 35.5. The quantitative estimate of drug-likeness (QED) is 0.650. The molecule has 1 heterocycles. The summed E-state index contributed by atoms with van der Waals surface area (Å²) in [4.78, 5) is 49.8. The SMILES string of the molecule is Cc1cccc(-n2c(=O)c3ccc(Cl)cc3n(CC(=O)NC(C)C(N)=O)c2=O)c1. The summed E-state index contributed by atoms with van der Waals surface area (Å²) < 4.78 is 2.15. The zero-order valence-electron chi connectivity index (χ0n) is 15.8. The highest BCUT2D eigenvalue weighted by molar-refractivity contribution is 6.31. The number of aryl methyl sites for hydroxylation is 1. The molecule has 0 aliphatic heterocycles. The van der Waals surface area contributed by atoms with Crippen molar-refractivity contribution in [3.05, 3.63) is 73.9 Å². The van der Waals surface area contributed by atoms with Gasteiger partial charge in [-0.15, -0.1) is 0 Å². The largest absolute Gasteiger partial charge is 0.368 e. The number of primary amides is 1. The summed E-state index contributed by atoms with van der Waals surface area (Å²) in [5.41, 5.74) is 5.42. The molecule has 2 amide bonds. The summed E-state index contributed by atoms with van der Waals surface area (Å²) in [6.45, 7) is 2.86. The van der Waals surface area contributed by atoms with Crippen molar-refractivity contribution in [1.29, 1.82) is 0 Å². The Morgan fingerprint density at radius 1 is 1.17 bits per heavy atom. The standard InChI is InChI=1S/C20H19ClN4O4/c1-11-4-3-5-14(8-11)25-19(28)15-7-6-13(21)9-16(15)24(20(25)29)10-17(26)23-12(2)18(22)27/h3-9,12H,10H2,1-2H3,(H2,22,27)(H,23,26). The number of nitrogens with two attached hydrogens (primary N) is 1. The van der Waals surface area contributed by atoms with Gasteiger partial charge >= 0.3 is 5.69 Å². The van der Waals surface area contributed by atoms with Crippen LogP contribution < -0.4 is 22.3 Å². The van der Waals surface area contributed by atoms with E-state index in [1.54, 1.807) is 18.2 Å². The van der Waals surface area contributed by atoms with Crippen LogP contribution >= 0.6 is 11.6 Å². The topological polar surface area (TPSA) is 116 Å². The van der Waals surface area contributed by atoms with Gasteiger partial charge in [-0.05, 0) is 49.7 Å². The van der Waals surface area contributed by atoms with E-state index >= 15 is 0 Å². The van der Waals surface area contributed by atoms with E-state index in [2.05, 4.69) is 5.32 Å². The van der Waals surface area contributed by atoms with E-state index < -0.39 is 35.6 Å². The maximum atomic E-state index is 13.2. The van der Waals surface area contributed by atoms with E-state index in [0.717, 1.165) is 14.7 Å². The molecule has 0 radical (unpaired) electrons. The molecule has 0 bridgehead atoms. The minimum Gasteiger partial charge on any atom is -0.368 e. The van der Waals surface area contributed by atoms with Crippen LogP contribution in [-0.2, 0) is 16.1 Å². The van der Waals surface area contributed by atoms with Crippen LogP contribution in [0.4, 0.5) is 0 Å². The average Bonchev–Trinajstić information content (AvgIpc) is 2.65. The summed E-state index contributed by atoms with van der Waals surface area (Å²) in [7, 11) is 0. The van der Waals surface area contributed by atoms with Gasteiger partial charge in [0.2, 0.25) is 11.8 Å². The highest BCUT2D eigenvalue weighted by Crippen LogP contribution is 2.17. The Hall–Kier alpha value is -3.39. The number of carbonyl (C=O) groups excluding carboxylic acids is 2. The third-order valence-electron chi connectivity index (χ3n) is 4.47. The van der Waals surface area contributed by atoms with Gasteiger partial charge in [-0.25, -0.2) is 9.36 Å². The molecule has 1 aromatic heterocycles. The summed E-state index contributed by atoms with van der Waals surface area (Å²) >= 11 is 6.05. The molecule has 0 saturated carbocycles. The summed E-state index contributed by atoms with van der Waals surface area (Å²) in [5.74, 6) is -1.31. The molecule has 9 heteroatoms. The van der Waals surface area contributed by atoms with Crippen molar-refractivity contribution in [2.24, 2.45) is 5.73 Å². The molecule has 1 unspecified atom stereocenters. The van der Waals surface area contributed by atoms with Crippen LogP contribution in [0, 0.1) is 6.92 Å². The van der Waals surface area contributed by atoms with Crippen LogP contribution in [0.15, 0.2) is 52.1 Å². The Labute approximate surface area is 170 Å². The molecule has 8 nitrogen and oxygen atoms in total. The zero-order chi connectivity index (χ0) is 21.3. The van der Waals surface area contributed by atoms with Gasteiger partial charge in [0, 0.05) is 5.02 Å². The van der Waals surface area contributed by atoms with Gasteiger partial charge in [0.05, 0.1) is 16.6 Å². The normalized spacial score (nSPS) is 12.0. The zero-order valence-corrected chi connectivity index (χ0v) is 16.6. The number of rotatable bonds is 5. The summed E-state index contributed by atoms with van der Waals surface area (Å²) in [6, 6.07) is 10.5. The van der Waals surface area contributed by atoms with Crippen molar-refractivity contribution in [2.45, 2.75) is 26.4 Å². The molecule has 3 aromatic rings. The van der Waals surface area contributed by atoms with Gasteiger partial charge in [-0.2, -0.15) is 0 Å². The van der Waals surface area contributed by atoms with Crippen molar-refractivity contribution in [1.82, 2.24) is 14.5 Å². The van der Waals surface area contributed by atoms with Crippen LogP contribution in [0.25, 0.3) is 16.6 Å². The number of hydrogen-bond acceptors (Lipinski definition) is 4. The summed E-state index contributed by atoms with van der Waals surface area (Å²) in [6.07, 6.45) is 0. The molecule has 2 aromatic carbocycles. The van der Waals surface area contributed by atoms with Crippen molar-refractivity contribution >= 4 is 34.3 Å². The van der Waals surface area contributed by atoms with Crippen LogP contribution in [0.1, 0.15) is 12.5 Å². The molecule has 150 valence electrons. The van der Waals surface area contributed by atoms with E-state index in [1.165, 1.54) is 25.1 Å². The van der Waals surface area contributed by atoms with E-state index in [9.17, 15) is 19.2 Å². The fourth-order valence-electron chi connectivity index (χ4n) is 2.99. The van der Waals surface area contributed by atoms with Gasteiger partial charge in [0.15, 0.2) is 0 Å². The molecule has 0 aliphatic carbocycles. The minimum atomic E-state index is -0.907. The third kappa shape index (κ3) is 4.07. The van der Waals surface area contributed by atoms with Gasteiger partial charge in [0.1, 0.15) is 12.6 Å². The fraction of sp³-hybridized carbons (Fsp3) is 0.200. The van der Waals surface area contributed by atoms with Gasteiger partial charge in [0.25, 0.3) is 5.56 Å². The molecule has 1 atom stereocenters. The second-order valence-corrected chi connectivity index (χ2v) is 7.14. The number of nitrogens with one attached hydrogen (secondary N) is 1. The first-order chi connectivity index (χ1) is 13.7. The second kappa shape index (κ2) is 7.92.